The molecule has 0 amide bonds. The van der Waals surface area contributed by atoms with Gasteiger partial charge in [0.25, 0.3) is 0 Å². The molecule has 0 aliphatic carbocycles. The van der Waals surface area contributed by atoms with Crippen molar-refractivity contribution in [1.29, 1.82) is 0 Å². The van der Waals surface area contributed by atoms with Gasteiger partial charge >= 0.3 is 0 Å². The maximum absolute atomic E-state index is 13.1. The minimum atomic E-state index is -0.198. The van der Waals surface area contributed by atoms with Crippen LogP contribution < -0.4 is 5.32 Å². The smallest absolute Gasteiger partial charge is 0.124 e. The zero-order valence-corrected chi connectivity index (χ0v) is 13.4. The Morgan fingerprint density at radius 1 is 1.47 bits per heavy atom. The Balaban J connectivity index is 1.99. The highest BCUT2D eigenvalue weighted by Crippen LogP contribution is 2.26. The normalized spacial score (nSPS) is 26.4. The fourth-order valence-electron chi connectivity index (χ4n) is 2.74. The SMILES string of the molecule is CC(NC1CCN(C)C(C)C1)c1ccc(F)cc1Br. The Hall–Kier alpha value is -0.450. The first-order valence-corrected chi connectivity index (χ1v) is 7.68. The molecule has 1 aliphatic heterocycles. The fraction of sp³-hybridized carbons (Fsp3) is 0.600. The molecule has 19 heavy (non-hydrogen) atoms. The molecule has 106 valence electrons. The third kappa shape index (κ3) is 3.77. The van der Waals surface area contributed by atoms with Crippen molar-refractivity contribution < 1.29 is 4.39 Å². The lowest BCUT2D eigenvalue weighted by Gasteiger charge is -2.37. The Kier molecular flexibility index (Phi) is 4.98. The van der Waals surface area contributed by atoms with Gasteiger partial charge in [0.2, 0.25) is 0 Å². The zero-order valence-electron chi connectivity index (χ0n) is 11.8. The zero-order chi connectivity index (χ0) is 14.0. The molecule has 1 saturated heterocycles. The first-order valence-electron chi connectivity index (χ1n) is 6.88. The van der Waals surface area contributed by atoms with E-state index in [1.807, 2.05) is 6.07 Å². The molecule has 0 aromatic heterocycles. The van der Waals surface area contributed by atoms with Crippen LogP contribution in [0.1, 0.15) is 38.3 Å². The summed E-state index contributed by atoms with van der Waals surface area (Å²) in [5, 5.41) is 3.67. The van der Waals surface area contributed by atoms with E-state index in [1.54, 1.807) is 0 Å². The summed E-state index contributed by atoms with van der Waals surface area (Å²) in [5.41, 5.74) is 1.12. The lowest BCUT2D eigenvalue weighted by atomic mass is 9.97. The van der Waals surface area contributed by atoms with Crippen LogP contribution in [0, 0.1) is 5.82 Å². The van der Waals surface area contributed by atoms with Crippen LogP contribution in [0.3, 0.4) is 0 Å². The van der Waals surface area contributed by atoms with Gasteiger partial charge in [0.1, 0.15) is 5.82 Å². The van der Waals surface area contributed by atoms with Gasteiger partial charge in [-0.1, -0.05) is 22.0 Å². The number of hydrogen-bond acceptors (Lipinski definition) is 2. The molecule has 1 fully saturated rings. The average Bonchev–Trinajstić information content (AvgIpc) is 2.33. The second-order valence-corrected chi connectivity index (χ2v) is 6.46. The summed E-state index contributed by atoms with van der Waals surface area (Å²) in [6, 6.07) is 6.30. The molecule has 1 aliphatic rings. The van der Waals surface area contributed by atoms with Crippen molar-refractivity contribution in [2.24, 2.45) is 0 Å². The number of rotatable bonds is 3. The van der Waals surface area contributed by atoms with Gasteiger partial charge < -0.3 is 10.2 Å². The minimum Gasteiger partial charge on any atom is -0.307 e. The van der Waals surface area contributed by atoms with Gasteiger partial charge in [-0.15, -0.1) is 0 Å². The van der Waals surface area contributed by atoms with E-state index in [1.165, 1.54) is 25.0 Å². The van der Waals surface area contributed by atoms with Crippen molar-refractivity contribution in [2.45, 2.75) is 44.8 Å². The van der Waals surface area contributed by atoms with Gasteiger partial charge in [0.05, 0.1) is 0 Å². The highest BCUT2D eigenvalue weighted by atomic mass is 79.9. The summed E-state index contributed by atoms with van der Waals surface area (Å²) in [6.07, 6.45) is 2.34. The Morgan fingerprint density at radius 2 is 2.21 bits per heavy atom. The van der Waals surface area contributed by atoms with Crippen LogP contribution in [-0.4, -0.2) is 30.6 Å². The summed E-state index contributed by atoms with van der Waals surface area (Å²) < 4.78 is 13.9. The van der Waals surface area contributed by atoms with E-state index in [0.29, 0.717) is 12.1 Å². The van der Waals surface area contributed by atoms with Crippen molar-refractivity contribution in [3.05, 3.63) is 34.1 Å². The summed E-state index contributed by atoms with van der Waals surface area (Å²) in [6.45, 7) is 5.55. The van der Waals surface area contributed by atoms with Crippen LogP contribution >= 0.6 is 15.9 Å². The standard InChI is InChI=1S/C15H22BrFN2/c1-10-8-13(6-7-19(10)3)18-11(2)14-5-4-12(17)9-15(14)16/h4-5,9-11,13,18H,6-8H2,1-3H3. The summed E-state index contributed by atoms with van der Waals surface area (Å²) in [4.78, 5) is 2.40. The molecular weight excluding hydrogens is 307 g/mol. The van der Waals surface area contributed by atoms with Gasteiger partial charge in [-0.05, 0) is 58.0 Å². The number of hydrogen-bond donors (Lipinski definition) is 1. The van der Waals surface area contributed by atoms with Gasteiger partial charge in [-0.3, -0.25) is 0 Å². The molecule has 1 aromatic carbocycles. The molecule has 2 nitrogen and oxygen atoms in total. The maximum atomic E-state index is 13.1. The van der Waals surface area contributed by atoms with Crippen LogP contribution in [0.4, 0.5) is 4.39 Å². The number of piperidine rings is 1. The molecule has 0 bridgehead atoms. The van der Waals surface area contributed by atoms with E-state index < -0.39 is 0 Å². The quantitative estimate of drug-likeness (QED) is 0.909. The third-order valence-electron chi connectivity index (χ3n) is 4.12. The molecule has 0 radical (unpaired) electrons. The predicted octanol–water partition coefficient (Wildman–Crippen LogP) is 3.72. The highest BCUT2D eigenvalue weighted by Gasteiger charge is 2.24. The van der Waals surface area contributed by atoms with Gasteiger partial charge in [0.15, 0.2) is 0 Å². The Labute approximate surface area is 123 Å². The van der Waals surface area contributed by atoms with E-state index in [9.17, 15) is 4.39 Å². The van der Waals surface area contributed by atoms with Crippen LogP contribution in [-0.2, 0) is 0 Å². The second-order valence-electron chi connectivity index (χ2n) is 5.61. The Morgan fingerprint density at radius 3 is 2.84 bits per heavy atom. The molecule has 2 rings (SSSR count). The van der Waals surface area contributed by atoms with E-state index in [-0.39, 0.29) is 11.9 Å². The third-order valence-corrected chi connectivity index (χ3v) is 4.81. The van der Waals surface area contributed by atoms with E-state index in [4.69, 9.17) is 0 Å². The molecule has 1 heterocycles. The molecule has 3 atom stereocenters. The predicted molar refractivity (Wildman–Crippen MR) is 80.8 cm³/mol. The number of benzene rings is 1. The molecule has 1 aromatic rings. The number of halogens is 2. The summed E-state index contributed by atoms with van der Waals surface area (Å²) >= 11 is 3.45. The van der Waals surface area contributed by atoms with E-state index in [0.717, 1.165) is 16.6 Å². The molecule has 0 saturated carbocycles. The van der Waals surface area contributed by atoms with Gasteiger partial charge in [-0.2, -0.15) is 0 Å². The van der Waals surface area contributed by atoms with Gasteiger partial charge in [-0.25, -0.2) is 4.39 Å². The average molecular weight is 329 g/mol. The van der Waals surface area contributed by atoms with Crippen LogP contribution in [0.5, 0.6) is 0 Å². The number of nitrogens with one attached hydrogen (secondary N) is 1. The first-order chi connectivity index (χ1) is 8.97. The van der Waals surface area contributed by atoms with Crippen molar-refractivity contribution in [3.63, 3.8) is 0 Å². The largest absolute Gasteiger partial charge is 0.307 e. The molecule has 4 heteroatoms. The Bertz CT molecular complexity index is 438. The van der Waals surface area contributed by atoms with Crippen molar-refractivity contribution in [3.8, 4) is 0 Å². The summed E-state index contributed by atoms with van der Waals surface area (Å²) in [7, 11) is 2.18. The van der Waals surface area contributed by atoms with Gasteiger partial charge in [0, 0.05) is 22.6 Å². The van der Waals surface area contributed by atoms with Crippen molar-refractivity contribution in [2.75, 3.05) is 13.6 Å². The monoisotopic (exact) mass is 328 g/mol. The first kappa shape index (κ1) is 14.9. The van der Waals surface area contributed by atoms with Crippen LogP contribution in [0.2, 0.25) is 0 Å². The summed E-state index contributed by atoms with van der Waals surface area (Å²) in [5.74, 6) is -0.198. The number of likely N-dealkylation sites (tertiary alicyclic amines) is 1. The molecule has 3 unspecified atom stereocenters. The second kappa shape index (κ2) is 6.33. The lowest BCUT2D eigenvalue weighted by Crippen LogP contribution is -2.46. The molecule has 1 N–H and O–H groups in total. The van der Waals surface area contributed by atoms with Crippen LogP contribution in [0.15, 0.2) is 22.7 Å². The van der Waals surface area contributed by atoms with Crippen molar-refractivity contribution >= 4 is 15.9 Å². The lowest BCUT2D eigenvalue weighted by molar-refractivity contribution is 0.163. The van der Waals surface area contributed by atoms with Crippen LogP contribution in [0.25, 0.3) is 0 Å². The highest BCUT2D eigenvalue weighted by molar-refractivity contribution is 9.10. The van der Waals surface area contributed by atoms with E-state index >= 15 is 0 Å². The minimum absolute atomic E-state index is 0.198. The molecular formula is C15H22BrFN2. The van der Waals surface area contributed by atoms with E-state index in [2.05, 4.69) is 47.0 Å². The topological polar surface area (TPSA) is 15.3 Å². The fourth-order valence-corrected chi connectivity index (χ4v) is 3.43. The molecule has 0 spiro atoms. The maximum Gasteiger partial charge on any atom is 0.124 e. The van der Waals surface area contributed by atoms with Crippen molar-refractivity contribution in [1.82, 2.24) is 10.2 Å². The number of nitrogens with zero attached hydrogens (tertiary/aromatic N) is 1.